The molecule has 1 atom stereocenters. The van der Waals surface area contributed by atoms with Crippen LogP contribution in [-0.4, -0.2) is 18.8 Å². The summed E-state index contributed by atoms with van der Waals surface area (Å²) in [5.41, 5.74) is 2.42. The first kappa shape index (κ1) is 11.3. The molecule has 1 unspecified atom stereocenters. The van der Waals surface area contributed by atoms with E-state index in [-0.39, 0.29) is 5.60 Å². The maximum atomic E-state index is 5.53. The first-order valence-corrected chi connectivity index (χ1v) is 6.28. The molecule has 2 aromatic rings. The normalized spacial score (nSPS) is 21.6. The van der Waals surface area contributed by atoms with Gasteiger partial charge in [-0.15, -0.1) is 0 Å². The minimum Gasteiger partial charge on any atom is -0.368 e. The van der Waals surface area contributed by atoms with Crippen molar-refractivity contribution in [2.45, 2.75) is 12.5 Å². The molecule has 92 valence electrons. The summed E-state index contributed by atoms with van der Waals surface area (Å²) in [6, 6.07) is 20.9. The van der Waals surface area contributed by atoms with Gasteiger partial charge in [0.2, 0.25) is 0 Å². The number of anilines is 2. The SMILES string of the molecule is CC1(CN(c2ccccc2)c2ccccc2)CO1. The zero-order valence-electron chi connectivity index (χ0n) is 10.5. The molecule has 0 radical (unpaired) electrons. The van der Waals surface area contributed by atoms with E-state index in [1.807, 2.05) is 12.1 Å². The predicted octanol–water partition coefficient (Wildman–Crippen LogP) is 3.61. The van der Waals surface area contributed by atoms with E-state index < -0.39 is 0 Å². The summed E-state index contributed by atoms with van der Waals surface area (Å²) in [5.74, 6) is 0. The summed E-state index contributed by atoms with van der Waals surface area (Å²) in [5, 5.41) is 0. The average molecular weight is 239 g/mol. The predicted molar refractivity (Wildman–Crippen MR) is 74.2 cm³/mol. The highest BCUT2D eigenvalue weighted by Crippen LogP contribution is 2.33. The van der Waals surface area contributed by atoms with Crippen molar-refractivity contribution >= 4 is 11.4 Å². The van der Waals surface area contributed by atoms with Crippen LogP contribution >= 0.6 is 0 Å². The molecule has 0 bridgehead atoms. The van der Waals surface area contributed by atoms with Crippen molar-refractivity contribution in [1.82, 2.24) is 0 Å². The molecule has 2 heteroatoms. The Balaban J connectivity index is 1.93. The lowest BCUT2D eigenvalue weighted by Gasteiger charge is -2.26. The van der Waals surface area contributed by atoms with Gasteiger partial charge >= 0.3 is 0 Å². The van der Waals surface area contributed by atoms with Crippen LogP contribution in [0.25, 0.3) is 0 Å². The lowest BCUT2D eigenvalue weighted by molar-refractivity contribution is 0.329. The van der Waals surface area contributed by atoms with Crippen LogP contribution in [0.4, 0.5) is 11.4 Å². The van der Waals surface area contributed by atoms with Crippen molar-refractivity contribution in [3.63, 3.8) is 0 Å². The Hall–Kier alpha value is -1.80. The van der Waals surface area contributed by atoms with Crippen LogP contribution in [0.5, 0.6) is 0 Å². The summed E-state index contributed by atoms with van der Waals surface area (Å²) in [6.07, 6.45) is 0. The van der Waals surface area contributed by atoms with Gasteiger partial charge in [-0.05, 0) is 31.2 Å². The van der Waals surface area contributed by atoms with Crippen LogP contribution in [0, 0.1) is 0 Å². The van der Waals surface area contributed by atoms with Crippen LogP contribution < -0.4 is 4.90 Å². The first-order valence-electron chi connectivity index (χ1n) is 6.28. The largest absolute Gasteiger partial charge is 0.368 e. The third-order valence-corrected chi connectivity index (χ3v) is 3.27. The number of hydrogen-bond acceptors (Lipinski definition) is 2. The highest BCUT2D eigenvalue weighted by molar-refractivity contribution is 5.63. The first-order chi connectivity index (χ1) is 8.77. The van der Waals surface area contributed by atoms with Gasteiger partial charge in [0.1, 0.15) is 5.60 Å². The second-order valence-electron chi connectivity index (χ2n) is 5.00. The molecule has 1 saturated heterocycles. The third-order valence-electron chi connectivity index (χ3n) is 3.27. The Kier molecular flexibility index (Phi) is 2.80. The fourth-order valence-electron chi connectivity index (χ4n) is 2.10. The van der Waals surface area contributed by atoms with Crippen molar-refractivity contribution in [3.05, 3.63) is 60.7 Å². The van der Waals surface area contributed by atoms with E-state index in [0.29, 0.717) is 0 Å². The highest BCUT2D eigenvalue weighted by Gasteiger charge is 2.41. The van der Waals surface area contributed by atoms with Crippen molar-refractivity contribution < 1.29 is 4.74 Å². The minimum absolute atomic E-state index is 0.00564. The van der Waals surface area contributed by atoms with Gasteiger partial charge in [-0.3, -0.25) is 0 Å². The van der Waals surface area contributed by atoms with Gasteiger partial charge in [-0.2, -0.15) is 0 Å². The number of nitrogens with zero attached hydrogens (tertiary/aromatic N) is 1. The van der Waals surface area contributed by atoms with Crippen LogP contribution in [-0.2, 0) is 4.74 Å². The number of epoxide rings is 1. The number of rotatable bonds is 4. The molecule has 1 aliphatic rings. The standard InChI is InChI=1S/C16H17NO/c1-16(13-18-16)12-17(14-8-4-2-5-9-14)15-10-6-3-7-11-15/h2-11H,12-13H2,1H3. The second kappa shape index (κ2) is 4.46. The molecule has 0 aromatic heterocycles. The quantitative estimate of drug-likeness (QED) is 0.757. The molecule has 18 heavy (non-hydrogen) atoms. The Bertz CT molecular complexity index is 466. The van der Waals surface area contributed by atoms with Crippen LogP contribution in [0.1, 0.15) is 6.92 Å². The van der Waals surface area contributed by atoms with E-state index in [1.54, 1.807) is 0 Å². The molecule has 1 fully saturated rings. The fraction of sp³-hybridized carbons (Fsp3) is 0.250. The molecule has 0 N–H and O–H groups in total. The Morgan fingerprint density at radius 2 is 1.39 bits per heavy atom. The van der Waals surface area contributed by atoms with Crippen molar-refractivity contribution in [2.24, 2.45) is 0 Å². The van der Waals surface area contributed by atoms with Gasteiger partial charge < -0.3 is 9.64 Å². The molecule has 0 amide bonds. The lowest BCUT2D eigenvalue weighted by Crippen LogP contribution is -2.29. The lowest BCUT2D eigenvalue weighted by atomic mass is 10.1. The van der Waals surface area contributed by atoms with E-state index in [1.165, 1.54) is 11.4 Å². The number of para-hydroxylation sites is 2. The number of hydrogen-bond donors (Lipinski definition) is 0. The number of benzene rings is 2. The minimum atomic E-state index is 0.00564. The molecule has 0 aliphatic carbocycles. The van der Waals surface area contributed by atoms with E-state index in [2.05, 4.69) is 60.4 Å². The van der Waals surface area contributed by atoms with Gasteiger partial charge in [0.15, 0.2) is 0 Å². The summed E-state index contributed by atoms with van der Waals surface area (Å²) in [4.78, 5) is 2.31. The molecular weight excluding hydrogens is 222 g/mol. The van der Waals surface area contributed by atoms with Crippen molar-refractivity contribution in [3.8, 4) is 0 Å². The zero-order chi connectivity index (χ0) is 12.4. The van der Waals surface area contributed by atoms with Gasteiger partial charge in [-0.1, -0.05) is 36.4 Å². The Morgan fingerprint density at radius 3 is 1.78 bits per heavy atom. The van der Waals surface area contributed by atoms with Crippen LogP contribution in [0.3, 0.4) is 0 Å². The van der Waals surface area contributed by atoms with Crippen molar-refractivity contribution in [2.75, 3.05) is 18.1 Å². The molecule has 3 rings (SSSR count). The van der Waals surface area contributed by atoms with Gasteiger partial charge in [0.25, 0.3) is 0 Å². The van der Waals surface area contributed by atoms with Gasteiger partial charge in [-0.25, -0.2) is 0 Å². The topological polar surface area (TPSA) is 15.8 Å². The van der Waals surface area contributed by atoms with E-state index in [4.69, 9.17) is 4.74 Å². The molecule has 1 aliphatic heterocycles. The maximum Gasteiger partial charge on any atom is 0.107 e. The van der Waals surface area contributed by atoms with Gasteiger partial charge in [0.05, 0.1) is 13.2 Å². The molecule has 2 aromatic carbocycles. The Labute approximate surface area is 108 Å². The third kappa shape index (κ3) is 2.39. The molecule has 0 spiro atoms. The summed E-state index contributed by atoms with van der Waals surface area (Å²) < 4.78 is 5.53. The highest BCUT2D eigenvalue weighted by atomic mass is 16.6. The Morgan fingerprint density at radius 1 is 0.944 bits per heavy atom. The average Bonchev–Trinajstić information content (AvgIpc) is 3.16. The molecule has 1 heterocycles. The summed E-state index contributed by atoms with van der Waals surface area (Å²) >= 11 is 0. The van der Waals surface area contributed by atoms with E-state index in [9.17, 15) is 0 Å². The van der Waals surface area contributed by atoms with Gasteiger partial charge in [0, 0.05) is 11.4 Å². The monoisotopic (exact) mass is 239 g/mol. The summed E-state index contributed by atoms with van der Waals surface area (Å²) in [7, 11) is 0. The van der Waals surface area contributed by atoms with Crippen LogP contribution in [0.15, 0.2) is 60.7 Å². The van der Waals surface area contributed by atoms with E-state index >= 15 is 0 Å². The fourth-order valence-corrected chi connectivity index (χ4v) is 2.10. The second-order valence-corrected chi connectivity index (χ2v) is 5.00. The molecule has 0 saturated carbocycles. The zero-order valence-corrected chi connectivity index (χ0v) is 10.5. The summed E-state index contributed by atoms with van der Waals surface area (Å²) in [6.45, 7) is 3.90. The molecule has 2 nitrogen and oxygen atoms in total. The smallest absolute Gasteiger partial charge is 0.107 e. The molecular formula is C16H17NO. The number of ether oxygens (including phenoxy) is 1. The van der Waals surface area contributed by atoms with Crippen LogP contribution in [0.2, 0.25) is 0 Å². The van der Waals surface area contributed by atoms with Crippen molar-refractivity contribution in [1.29, 1.82) is 0 Å². The maximum absolute atomic E-state index is 5.53. The van der Waals surface area contributed by atoms with E-state index in [0.717, 1.165) is 13.2 Å².